The molecular weight excluding hydrogens is 488 g/mol. The van der Waals surface area contributed by atoms with E-state index >= 15 is 0 Å². The third-order valence-corrected chi connectivity index (χ3v) is 9.94. The van der Waals surface area contributed by atoms with Crippen LogP contribution in [0.1, 0.15) is 80.4 Å². The molecule has 8 nitrogen and oxygen atoms in total. The molecule has 3 aliphatic carbocycles. The van der Waals surface area contributed by atoms with E-state index in [1.54, 1.807) is 35.9 Å². The highest BCUT2D eigenvalue weighted by Gasteiger charge is 2.46. The number of anilines is 1. The van der Waals surface area contributed by atoms with E-state index in [2.05, 4.69) is 41.7 Å². The second-order valence-electron chi connectivity index (χ2n) is 12.8. The fraction of sp³-hybridized carbons (Fsp3) is 0.645. The Bertz CT molecular complexity index is 1200. The lowest BCUT2D eigenvalue weighted by Gasteiger charge is -2.36. The van der Waals surface area contributed by atoms with Crippen LogP contribution < -0.4 is 16.4 Å². The summed E-state index contributed by atoms with van der Waals surface area (Å²) < 4.78 is 1.57. The molecule has 2 fully saturated rings. The van der Waals surface area contributed by atoms with Crippen molar-refractivity contribution in [1.82, 2.24) is 20.0 Å². The standard InChI is InChI=1S/C31H46N6O2/c1-21(2)31(33-20-30(19-32)13-14-30)17-23-10-11-25(16-24(23)18-31)35-28(38)27(22-8-6-5-7-9-22)36(3)29(39)26-12-15-34-37(26)4/h10-12,15-16,21-22,27,33H,5-9,13-14,17-20,32H2,1-4H3,(H,35,38)/t27-,31?/m0/s1. The van der Waals surface area contributed by atoms with Crippen molar-refractivity contribution in [3.63, 3.8) is 0 Å². The predicted molar refractivity (Wildman–Crippen MR) is 154 cm³/mol. The maximum Gasteiger partial charge on any atom is 0.272 e. The van der Waals surface area contributed by atoms with E-state index in [1.807, 2.05) is 6.07 Å². The topological polar surface area (TPSA) is 105 Å². The number of nitrogens with zero attached hydrogens (tertiary/aromatic N) is 3. The van der Waals surface area contributed by atoms with E-state index in [0.29, 0.717) is 11.6 Å². The van der Waals surface area contributed by atoms with Crippen molar-refractivity contribution in [2.75, 3.05) is 25.5 Å². The fourth-order valence-electron chi connectivity index (χ4n) is 6.78. The first-order valence-corrected chi connectivity index (χ1v) is 14.8. The van der Waals surface area contributed by atoms with Gasteiger partial charge in [0.15, 0.2) is 0 Å². The minimum atomic E-state index is -0.525. The molecule has 0 radical (unpaired) electrons. The number of likely N-dealkylation sites (N-methyl/N-ethyl adjacent to an activating group) is 1. The second kappa shape index (κ2) is 11.0. The highest BCUT2D eigenvalue weighted by molar-refractivity contribution is 6.00. The molecule has 3 aliphatic rings. The summed E-state index contributed by atoms with van der Waals surface area (Å²) in [7, 11) is 3.52. The van der Waals surface area contributed by atoms with Gasteiger partial charge in [0.25, 0.3) is 5.91 Å². The number of nitrogens with two attached hydrogens (primary N) is 1. The zero-order valence-corrected chi connectivity index (χ0v) is 24.1. The molecule has 2 aromatic rings. The van der Waals surface area contributed by atoms with Crippen molar-refractivity contribution in [2.24, 2.45) is 30.0 Å². The van der Waals surface area contributed by atoms with Gasteiger partial charge in [-0.2, -0.15) is 5.10 Å². The lowest BCUT2D eigenvalue weighted by molar-refractivity contribution is -0.122. The molecule has 4 N–H and O–H groups in total. The van der Waals surface area contributed by atoms with Crippen LogP contribution >= 0.6 is 0 Å². The Morgan fingerprint density at radius 1 is 1.13 bits per heavy atom. The molecule has 1 aromatic heterocycles. The molecule has 0 aliphatic heterocycles. The Hall–Kier alpha value is -2.71. The van der Waals surface area contributed by atoms with Gasteiger partial charge in [0, 0.05) is 38.1 Å². The van der Waals surface area contributed by atoms with Crippen molar-refractivity contribution in [3.05, 3.63) is 47.3 Å². The average Bonchev–Trinajstić information content (AvgIpc) is 3.42. The number of rotatable bonds is 10. The minimum Gasteiger partial charge on any atom is -0.330 e. The Morgan fingerprint density at radius 3 is 2.46 bits per heavy atom. The van der Waals surface area contributed by atoms with Crippen LogP contribution in [0.15, 0.2) is 30.5 Å². The van der Waals surface area contributed by atoms with Crippen LogP contribution in [0.25, 0.3) is 0 Å². The van der Waals surface area contributed by atoms with Crippen LogP contribution in [0.5, 0.6) is 0 Å². The first-order valence-electron chi connectivity index (χ1n) is 14.8. The molecule has 1 unspecified atom stereocenters. The maximum atomic E-state index is 13.8. The Kier molecular flexibility index (Phi) is 7.89. The first kappa shape index (κ1) is 27.8. The third kappa shape index (κ3) is 5.64. The average molecular weight is 535 g/mol. The monoisotopic (exact) mass is 534 g/mol. The number of nitrogens with one attached hydrogen (secondary N) is 2. The van der Waals surface area contributed by atoms with Crippen molar-refractivity contribution in [3.8, 4) is 0 Å². The number of hydrogen-bond donors (Lipinski definition) is 3. The zero-order chi connectivity index (χ0) is 27.8. The molecule has 2 saturated carbocycles. The molecule has 2 atom stereocenters. The van der Waals surface area contributed by atoms with Gasteiger partial charge < -0.3 is 21.3 Å². The number of fused-ring (bicyclic) bond motifs is 1. The van der Waals surface area contributed by atoms with Gasteiger partial charge in [-0.1, -0.05) is 39.2 Å². The Morgan fingerprint density at radius 2 is 1.85 bits per heavy atom. The molecule has 1 heterocycles. The number of carbonyl (C=O) groups is 2. The lowest BCUT2D eigenvalue weighted by atomic mass is 9.82. The predicted octanol–water partition coefficient (Wildman–Crippen LogP) is 3.90. The van der Waals surface area contributed by atoms with Crippen LogP contribution in [0, 0.1) is 17.3 Å². The molecular formula is C31H46N6O2. The molecule has 1 aromatic carbocycles. The summed E-state index contributed by atoms with van der Waals surface area (Å²) in [4.78, 5) is 28.9. The van der Waals surface area contributed by atoms with Crippen molar-refractivity contribution >= 4 is 17.5 Å². The van der Waals surface area contributed by atoms with Gasteiger partial charge in [0.2, 0.25) is 5.91 Å². The van der Waals surface area contributed by atoms with E-state index in [4.69, 9.17) is 5.73 Å². The van der Waals surface area contributed by atoms with Gasteiger partial charge >= 0.3 is 0 Å². The molecule has 0 spiro atoms. The quantitative estimate of drug-likeness (QED) is 0.429. The number of aromatic nitrogens is 2. The molecule has 8 heteroatoms. The Labute approximate surface area is 233 Å². The third-order valence-electron chi connectivity index (χ3n) is 9.94. The summed E-state index contributed by atoms with van der Waals surface area (Å²) in [6.45, 7) is 6.32. The first-order chi connectivity index (χ1) is 18.7. The normalized spacial score (nSPS) is 22.9. The smallest absolute Gasteiger partial charge is 0.272 e. The summed E-state index contributed by atoms with van der Waals surface area (Å²) in [5, 5.41) is 11.3. The minimum absolute atomic E-state index is 0.0100. The van der Waals surface area contributed by atoms with E-state index in [-0.39, 0.29) is 28.7 Å². The Balaban J connectivity index is 1.33. The van der Waals surface area contributed by atoms with Gasteiger partial charge in [0.1, 0.15) is 11.7 Å². The summed E-state index contributed by atoms with van der Waals surface area (Å²) in [5.41, 5.74) is 10.3. The second-order valence-corrected chi connectivity index (χ2v) is 12.8. The number of aryl methyl sites for hydroxylation is 1. The molecule has 0 bridgehead atoms. The number of amides is 2. The highest BCUT2D eigenvalue weighted by atomic mass is 16.2. The molecule has 5 rings (SSSR count). The van der Waals surface area contributed by atoms with Gasteiger partial charge in [-0.25, -0.2) is 0 Å². The molecule has 212 valence electrons. The van der Waals surface area contributed by atoms with Crippen LogP contribution in [0.4, 0.5) is 5.69 Å². The number of benzene rings is 1. The summed E-state index contributed by atoms with van der Waals surface area (Å²) >= 11 is 0. The SMILES string of the molecule is CC(C)C1(NCC2(CN)CC2)Cc2ccc(NC(=O)[C@H](C3CCCCC3)N(C)C(=O)c3ccnn3C)cc2C1. The van der Waals surface area contributed by atoms with Gasteiger partial charge in [-0.15, -0.1) is 0 Å². The number of hydrogen-bond acceptors (Lipinski definition) is 5. The van der Waals surface area contributed by atoms with E-state index < -0.39 is 6.04 Å². The van der Waals surface area contributed by atoms with Crippen molar-refractivity contribution < 1.29 is 9.59 Å². The van der Waals surface area contributed by atoms with Crippen molar-refractivity contribution in [1.29, 1.82) is 0 Å². The molecule has 2 amide bonds. The summed E-state index contributed by atoms with van der Waals surface area (Å²) in [6, 6.07) is 7.53. The van der Waals surface area contributed by atoms with Crippen molar-refractivity contribution in [2.45, 2.75) is 83.2 Å². The van der Waals surface area contributed by atoms with E-state index in [0.717, 1.165) is 57.3 Å². The molecule has 0 saturated heterocycles. The van der Waals surface area contributed by atoms with Crippen LogP contribution in [-0.4, -0.2) is 58.2 Å². The lowest BCUT2D eigenvalue weighted by Crippen LogP contribution is -2.53. The van der Waals surface area contributed by atoms with Crippen LogP contribution in [-0.2, 0) is 24.7 Å². The molecule has 39 heavy (non-hydrogen) atoms. The largest absolute Gasteiger partial charge is 0.330 e. The highest BCUT2D eigenvalue weighted by Crippen LogP contribution is 2.45. The number of carbonyl (C=O) groups excluding carboxylic acids is 2. The zero-order valence-electron chi connectivity index (χ0n) is 24.1. The summed E-state index contributed by atoms with van der Waals surface area (Å²) in [5.74, 6) is 0.336. The van der Waals surface area contributed by atoms with Gasteiger partial charge in [-0.3, -0.25) is 14.3 Å². The maximum absolute atomic E-state index is 13.8. The van der Waals surface area contributed by atoms with Crippen LogP contribution in [0.3, 0.4) is 0 Å². The fourth-order valence-corrected chi connectivity index (χ4v) is 6.78. The van der Waals surface area contributed by atoms with Crippen LogP contribution in [0.2, 0.25) is 0 Å². The van der Waals surface area contributed by atoms with Gasteiger partial charge in [0.05, 0.1) is 0 Å². The summed E-state index contributed by atoms with van der Waals surface area (Å²) in [6.07, 6.45) is 11.3. The van der Waals surface area contributed by atoms with E-state index in [1.165, 1.54) is 30.4 Å². The van der Waals surface area contributed by atoms with E-state index in [9.17, 15) is 9.59 Å². The van der Waals surface area contributed by atoms with Gasteiger partial charge in [-0.05, 0) is 91.6 Å².